The van der Waals surface area contributed by atoms with Crippen LogP contribution in [0.2, 0.25) is 0 Å². The average molecular weight is 426 g/mol. The maximum atomic E-state index is 9.92. The third kappa shape index (κ3) is 2.61. The lowest BCUT2D eigenvalue weighted by Crippen LogP contribution is -2.17. The highest BCUT2D eigenvalue weighted by molar-refractivity contribution is 8.00. The van der Waals surface area contributed by atoms with Gasteiger partial charge in [-0.05, 0) is 45.8 Å². The zero-order chi connectivity index (χ0) is 21.7. The van der Waals surface area contributed by atoms with Crippen molar-refractivity contribution in [2.24, 2.45) is 0 Å². The molecule has 0 amide bonds. The molecule has 4 heteroatoms. The fourth-order valence-corrected chi connectivity index (χ4v) is 5.79. The first kappa shape index (κ1) is 18.5. The third-order valence-corrected chi connectivity index (χ3v) is 7.17. The number of rotatable bonds is 1. The molecular formula is C28H15N3S. The molecule has 0 aliphatic carbocycles. The van der Waals surface area contributed by atoms with E-state index in [4.69, 9.17) is 0 Å². The van der Waals surface area contributed by atoms with E-state index in [0.717, 1.165) is 42.7 Å². The summed E-state index contributed by atoms with van der Waals surface area (Å²) in [5.74, 6) is 0. The van der Waals surface area contributed by atoms with Crippen LogP contribution in [0.15, 0.2) is 101 Å². The van der Waals surface area contributed by atoms with Crippen molar-refractivity contribution in [3.63, 3.8) is 0 Å². The second-order valence-corrected chi connectivity index (χ2v) is 8.65. The summed E-state index contributed by atoms with van der Waals surface area (Å²) in [6.45, 7) is 0. The molecule has 0 spiro atoms. The summed E-state index contributed by atoms with van der Waals surface area (Å²) < 4.78 is 0. The molecule has 0 saturated heterocycles. The standard InChI is InChI=1S/C28H15N3S/c29-16-20-8-5-9-21(17-30)26(20)31-24-14-12-18-6-1-3-10-22(18)27(24)32-28-23-11-4-2-7-19(23)13-15-25(28)31/h1-15H. The quantitative estimate of drug-likeness (QED) is 0.271. The number of para-hydroxylation sites is 1. The van der Waals surface area contributed by atoms with E-state index >= 15 is 0 Å². The molecular weight excluding hydrogens is 410 g/mol. The molecule has 0 saturated carbocycles. The number of nitriles is 2. The molecule has 32 heavy (non-hydrogen) atoms. The van der Waals surface area contributed by atoms with Crippen molar-refractivity contribution >= 4 is 50.4 Å². The molecule has 148 valence electrons. The molecule has 1 aliphatic heterocycles. The van der Waals surface area contributed by atoms with Crippen molar-refractivity contribution in [3.05, 3.63) is 102 Å². The maximum Gasteiger partial charge on any atom is 0.101 e. The molecule has 0 aromatic heterocycles. The van der Waals surface area contributed by atoms with Gasteiger partial charge in [0.1, 0.15) is 12.1 Å². The van der Waals surface area contributed by atoms with Crippen molar-refractivity contribution in [2.45, 2.75) is 9.79 Å². The SMILES string of the molecule is N#Cc1cccc(C#N)c1N1c2ccc3ccccc3c2Sc2c1ccc1ccccc21. The summed E-state index contributed by atoms with van der Waals surface area (Å²) in [4.78, 5) is 4.35. The van der Waals surface area contributed by atoms with E-state index in [1.54, 1.807) is 30.0 Å². The van der Waals surface area contributed by atoms with Gasteiger partial charge in [0.15, 0.2) is 0 Å². The third-order valence-electron chi connectivity index (χ3n) is 5.90. The molecule has 5 aromatic carbocycles. The minimum Gasteiger partial charge on any atom is -0.306 e. The average Bonchev–Trinajstić information content (AvgIpc) is 2.86. The molecule has 0 fully saturated rings. The zero-order valence-electron chi connectivity index (χ0n) is 16.9. The lowest BCUT2D eigenvalue weighted by molar-refractivity contribution is 1.18. The van der Waals surface area contributed by atoms with Crippen LogP contribution in [0.1, 0.15) is 11.1 Å². The van der Waals surface area contributed by atoms with Crippen molar-refractivity contribution < 1.29 is 0 Å². The Morgan fingerprint density at radius 1 is 0.562 bits per heavy atom. The number of nitrogens with zero attached hydrogens (tertiary/aromatic N) is 3. The van der Waals surface area contributed by atoms with Gasteiger partial charge in [-0.3, -0.25) is 0 Å². The minimum atomic E-state index is 0.481. The van der Waals surface area contributed by atoms with E-state index in [2.05, 4.69) is 77.7 Å². The van der Waals surface area contributed by atoms with Gasteiger partial charge in [0.05, 0.1) is 28.2 Å². The number of hydrogen-bond donors (Lipinski definition) is 0. The molecule has 6 rings (SSSR count). The largest absolute Gasteiger partial charge is 0.306 e. The second-order valence-electron chi connectivity index (χ2n) is 7.63. The first-order valence-electron chi connectivity index (χ1n) is 10.2. The Bertz CT molecular complexity index is 1520. The lowest BCUT2D eigenvalue weighted by Gasteiger charge is -2.35. The summed E-state index contributed by atoms with van der Waals surface area (Å²) in [6.07, 6.45) is 0. The van der Waals surface area contributed by atoms with E-state index in [-0.39, 0.29) is 0 Å². The predicted molar refractivity (Wildman–Crippen MR) is 130 cm³/mol. The highest BCUT2D eigenvalue weighted by Crippen LogP contribution is 2.56. The minimum absolute atomic E-state index is 0.481. The summed E-state index contributed by atoms with van der Waals surface area (Å²) >= 11 is 1.76. The highest BCUT2D eigenvalue weighted by atomic mass is 32.2. The lowest BCUT2D eigenvalue weighted by atomic mass is 10.0. The molecule has 0 N–H and O–H groups in total. The molecule has 5 aromatic rings. The zero-order valence-corrected chi connectivity index (χ0v) is 17.7. The van der Waals surface area contributed by atoms with Gasteiger partial charge in [-0.1, -0.05) is 78.5 Å². The number of anilines is 3. The van der Waals surface area contributed by atoms with Crippen molar-refractivity contribution in [3.8, 4) is 12.1 Å². The molecule has 1 heterocycles. The van der Waals surface area contributed by atoms with E-state index < -0.39 is 0 Å². The number of hydrogen-bond acceptors (Lipinski definition) is 4. The normalized spacial score (nSPS) is 12.1. The van der Waals surface area contributed by atoms with Gasteiger partial charge in [-0.25, -0.2) is 0 Å². The van der Waals surface area contributed by atoms with Gasteiger partial charge < -0.3 is 4.90 Å². The van der Waals surface area contributed by atoms with Crippen molar-refractivity contribution in [1.82, 2.24) is 0 Å². The first-order valence-corrected chi connectivity index (χ1v) is 11.1. The fourth-order valence-electron chi connectivity index (χ4n) is 4.47. The van der Waals surface area contributed by atoms with Crippen LogP contribution in [0, 0.1) is 22.7 Å². The molecule has 0 atom stereocenters. The Balaban J connectivity index is 1.77. The summed E-state index contributed by atoms with van der Waals surface area (Å²) in [6, 6.07) is 35.0. The van der Waals surface area contributed by atoms with Crippen molar-refractivity contribution in [2.75, 3.05) is 4.90 Å². The summed E-state index contributed by atoms with van der Waals surface area (Å²) in [5.41, 5.74) is 3.56. The number of benzene rings is 5. The van der Waals surface area contributed by atoms with E-state index in [1.807, 2.05) is 12.1 Å². The Kier molecular flexibility index (Phi) is 4.15. The Hall–Kier alpha value is -4.25. The first-order chi connectivity index (χ1) is 15.8. The molecule has 0 bridgehead atoms. The van der Waals surface area contributed by atoms with Crippen LogP contribution in [0.3, 0.4) is 0 Å². The van der Waals surface area contributed by atoms with E-state index in [9.17, 15) is 10.5 Å². The predicted octanol–water partition coefficient (Wildman–Crippen LogP) is 7.67. The van der Waals surface area contributed by atoms with Gasteiger partial charge in [-0.15, -0.1) is 0 Å². The molecule has 1 aliphatic rings. The smallest absolute Gasteiger partial charge is 0.101 e. The topological polar surface area (TPSA) is 50.8 Å². The van der Waals surface area contributed by atoms with Gasteiger partial charge >= 0.3 is 0 Å². The highest BCUT2D eigenvalue weighted by Gasteiger charge is 2.30. The van der Waals surface area contributed by atoms with Crippen LogP contribution in [-0.2, 0) is 0 Å². The van der Waals surface area contributed by atoms with Crippen LogP contribution < -0.4 is 4.90 Å². The van der Waals surface area contributed by atoms with E-state index in [1.165, 1.54) is 0 Å². The van der Waals surface area contributed by atoms with Gasteiger partial charge in [0.25, 0.3) is 0 Å². The monoisotopic (exact) mass is 425 g/mol. The fraction of sp³-hybridized carbons (Fsp3) is 0. The summed E-state index contributed by atoms with van der Waals surface area (Å²) in [5, 5.41) is 24.5. The van der Waals surface area contributed by atoms with Crippen LogP contribution in [-0.4, -0.2) is 0 Å². The number of fused-ring (bicyclic) bond motifs is 6. The maximum absolute atomic E-state index is 9.92. The molecule has 0 unspecified atom stereocenters. The van der Waals surface area contributed by atoms with Gasteiger partial charge in [0.2, 0.25) is 0 Å². The van der Waals surface area contributed by atoms with E-state index in [0.29, 0.717) is 16.8 Å². The van der Waals surface area contributed by atoms with Gasteiger partial charge in [-0.2, -0.15) is 10.5 Å². The molecule has 3 nitrogen and oxygen atoms in total. The Morgan fingerprint density at radius 2 is 1.06 bits per heavy atom. The van der Waals surface area contributed by atoms with Crippen molar-refractivity contribution in [1.29, 1.82) is 10.5 Å². The summed E-state index contributed by atoms with van der Waals surface area (Å²) in [7, 11) is 0. The van der Waals surface area contributed by atoms with Crippen LogP contribution in [0.5, 0.6) is 0 Å². The second kappa shape index (κ2) is 7.17. The van der Waals surface area contributed by atoms with Gasteiger partial charge in [0, 0.05) is 9.79 Å². The Morgan fingerprint density at radius 3 is 1.56 bits per heavy atom. The molecule has 0 radical (unpaired) electrons. The van der Waals surface area contributed by atoms with Crippen LogP contribution in [0.4, 0.5) is 17.1 Å². The Labute approximate surface area is 189 Å². The van der Waals surface area contributed by atoms with Crippen LogP contribution in [0.25, 0.3) is 21.5 Å². The van der Waals surface area contributed by atoms with Crippen LogP contribution >= 0.6 is 11.8 Å².